The first kappa shape index (κ1) is 14.5. The van der Waals surface area contributed by atoms with Crippen LogP contribution in [0.1, 0.15) is 35.1 Å². The third-order valence-electron chi connectivity index (χ3n) is 3.04. The van der Waals surface area contributed by atoms with Crippen molar-refractivity contribution < 1.29 is 9.18 Å². The highest BCUT2D eigenvalue weighted by Crippen LogP contribution is 2.26. The second-order valence-electron chi connectivity index (χ2n) is 4.95. The molecule has 1 heterocycles. The van der Waals surface area contributed by atoms with Gasteiger partial charge >= 0.3 is 0 Å². The molecule has 0 aliphatic heterocycles. The van der Waals surface area contributed by atoms with Gasteiger partial charge in [0, 0.05) is 10.6 Å². The van der Waals surface area contributed by atoms with E-state index < -0.39 is 11.7 Å². The van der Waals surface area contributed by atoms with E-state index in [1.807, 2.05) is 31.4 Å². The Bertz CT molecular complexity index is 596. The Morgan fingerprint density at radius 3 is 2.70 bits per heavy atom. The van der Waals surface area contributed by atoms with Gasteiger partial charge in [0.2, 0.25) is 0 Å². The fourth-order valence-corrected chi connectivity index (χ4v) is 2.92. The maximum Gasteiger partial charge on any atom is 0.254 e. The molecule has 0 saturated carbocycles. The molecule has 0 fully saturated rings. The lowest BCUT2D eigenvalue weighted by molar-refractivity contribution is 0.0922. The van der Waals surface area contributed by atoms with E-state index in [4.69, 9.17) is 5.73 Å². The lowest BCUT2D eigenvalue weighted by atomic mass is 10.0. The van der Waals surface area contributed by atoms with Crippen LogP contribution < -0.4 is 11.1 Å². The summed E-state index contributed by atoms with van der Waals surface area (Å²) in [5, 5.41) is 4.84. The number of carbonyl (C=O) groups is 1. The van der Waals surface area contributed by atoms with Crippen molar-refractivity contribution in [1.29, 1.82) is 0 Å². The molecule has 1 aromatic carbocycles. The molecule has 2 rings (SSSR count). The van der Waals surface area contributed by atoms with Crippen LogP contribution in [-0.4, -0.2) is 5.91 Å². The number of nitrogens with two attached hydrogens (primary N) is 1. The lowest BCUT2D eigenvalue weighted by Crippen LogP contribution is -2.31. The molecule has 2 aromatic rings. The van der Waals surface area contributed by atoms with Crippen molar-refractivity contribution in [3.63, 3.8) is 0 Å². The molecular weight excluding hydrogens is 275 g/mol. The van der Waals surface area contributed by atoms with Crippen molar-refractivity contribution in [1.82, 2.24) is 5.32 Å². The van der Waals surface area contributed by atoms with Gasteiger partial charge in [0.15, 0.2) is 0 Å². The smallest absolute Gasteiger partial charge is 0.254 e. The van der Waals surface area contributed by atoms with Crippen LogP contribution in [0, 0.1) is 11.7 Å². The summed E-state index contributed by atoms with van der Waals surface area (Å²) in [5.41, 5.74) is 5.95. The standard InChI is InChI=1S/C15H17FN2OS/c1-9(2)14(13-4-3-7-20-13)18-15(19)11-8-10(17)5-6-12(11)16/h3-9,14H,17H2,1-2H3,(H,18,19). The Morgan fingerprint density at radius 2 is 2.10 bits per heavy atom. The number of carbonyl (C=O) groups excluding carboxylic acids is 1. The molecule has 1 unspecified atom stereocenters. The molecule has 3 N–H and O–H groups in total. The van der Waals surface area contributed by atoms with Gasteiger partial charge in [0.25, 0.3) is 5.91 Å². The zero-order chi connectivity index (χ0) is 14.7. The van der Waals surface area contributed by atoms with Gasteiger partial charge in [-0.3, -0.25) is 4.79 Å². The molecule has 20 heavy (non-hydrogen) atoms. The van der Waals surface area contributed by atoms with E-state index in [0.29, 0.717) is 5.69 Å². The summed E-state index contributed by atoms with van der Waals surface area (Å²) in [4.78, 5) is 13.3. The zero-order valence-electron chi connectivity index (χ0n) is 11.4. The number of hydrogen-bond acceptors (Lipinski definition) is 3. The fraction of sp³-hybridized carbons (Fsp3) is 0.267. The second-order valence-corrected chi connectivity index (χ2v) is 5.93. The monoisotopic (exact) mass is 292 g/mol. The number of thiophene rings is 1. The van der Waals surface area contributed by atoms with E-state index >= 15 is 0 Å². The SMILES string of the molecule is CC(C)C(NC(=O)c1cc(N)ccc1F)c1cccs1. The lowest BCUT2D eigenvalue weighted by Gasteiger charge is -2.21. The number of hydrogen-bond donors (Lipinski definition) is 2. The number of anilines is 1. The van der Waals surface area contributed by atoms with Crippen molar-refractivity contribution >= 4 is 22.9 Å². The van der Waals surface area contributed by atoms with E-state index in [1.54, 1.807) is 11.3 Å². The number of rotatable bonds is 4. The van der Waals surface area contributed by atoms with E-state index in [1.165, 1.54) is 18.2 Å². The minimum atomic E-state index is -0.564. The highest BCUT2D eigenvalue weighted by Gasteiger charge is 2.21. The van der Waals surface area contributed by atoms with Crippen LogP contribution in [0.3, 0.4) is 0 Å². The second kappa shape index (κ2) is 6.05. The van der Waals surface area contributed by atoms with Gasteiger partial charge in [-0.25, -0.2) is 4.39 Å². The normalized spacial score (nSPS) is 12.4. The first-order valence-corrected chi connectivity index (χ1v) is 7.26. The van der Waals surface area contributed by atoms with Crippen molar-refractivity contribution in [3.8, 4) is 0 Å². The Morgan fingerprint density at radius 1 is 1.35 bits per heavy atom. The first-order chi connectivity index (χ1) is 9.49. The fourth-order valence-electron chi connectivity index (χ4n) is 1.97. The van der Waals surface area contributed by atoms with Crippen LogP contribution in [0.25, 0.3) is 0 Å². The maximum absolute atomic E-state index is 13.7. The Balaban J connectivity index is 2.23. The van der Waals surface area contributed by atoms with E-state index in [-0.39, 0.29) is 17.5 Å². The molecular formula is C15H17FN2OS. The summed E-state index contributed by atoms with van der Waals surface area (Å²) in [6, 6.07) is 7.76. The van der Waals surface area contributed by atoms with E-state index in [0.717, 1.165) is 4.88 Å². The molecule has 0 aliphatic rings. The van der Waals surface area contributed by atoms with Crippen LogP contribution in [0.2, 0.25) is 0 Å². The molecule has 0 spiro atoms. The van der Waals surface area contributed by atoms with Gasteiger partial charge in [-0.15, -0.1) is 11.3 Å². The quantitative estimate of drug-likeness (QED) is 0.846. The zero-order valence-corrected chi connectivity index (χ0v) is 12.2. The number of nitrogens with one attached hydrogen (secondary N) is 1. The third kappa shape index (κ3) is 3.17. The van der Waals surface area contributed by atoms with E-state index in [2.05, 4.69) is 5.32 Å². The van der Waals surface area contributed by atoms with Gasteiger partial charge in [0.05, 0.1) is 11.6 Å². The number of amides is 1. The summed E-state index contributed by atoms with van der Waals surface area (Å²) < 4.78 is 13.7. The molecule has 0 bridgehead atoms. The molecule has 5 heteroatoms. The topological polar surface area (TPSA) is 55.1 Å². The van der Waals surface area contributed by atoms with Gasteiger partial charge in [0.1, 0.15) is 5.82 Å². The van der Waals surface area contributed by atoms with E-state index in [9.17, 15) is 9.18 Å². The van der Waals surface area contributed by atoms with Crippen molar-refractivity contribution in [2.24, 2.45) is 5.92 Å². The molecule has 1 atom stereocenters. The van der Waals surface area contributed by atoms with Crippen LogP contribution in [-0.2, 0) is 0 Å². The molecule has 0 aliphatic carbocycles. The van der Waals surface area contributed by atoms with Crippen LogP contribution >= 0.6 is 11.3 Å². The van der Waals surface area contributed by atoms with Crippen molar-refractivity contribution in [2.45, 2.75) is 19.9 Å². The third-order valence-corrected chi connectivity index (χ3v) is 3.99. The predicted molar refractivity (Wildman–Crippen MR) is 80.2 cm³/mol. The van der Waals surface area contributed by atoms with Gasteiger partial charge in [-0.2, -0.15) is 0 Å². The number of nitrogen functional groups attached to an aromatic ring is 1. The van der Waals surface area contributed by atoms with Gasteiger partial charge < -0.3 is 11.1 Å². The highest BCUT2D eigenvalue weighted by molar-refractivity contribution is 7.10. The predicted octanol–water partition coefficient (Wildman–Crippen LogP) is 3.60. The molecule has 0 saturated heterocycles. The summed E-state index contributed by atoms with van der Waals surface area (Å²) in [5.74, 6) is -0.797. The molecule has 106 valence electrons. The Labute approximate surface area is 121 Å². The van der Waals surface area contributed by atoms with Crippen LogP contribution in [0.4, 0.5) is 10.1 Å². The van der Waals surface area contributed by atoms with Crippen molar-refractivity contribution in [2.75, 3.05) is 5.73 Å². The minimum Gasteiger partial charge on any atom is -0.399 e. The molecule has 0 radical (unpaired) electrons. The average molecular weight is 292 g/mol. The summed E-state index contributed by atoms with van der Waals surface area (Å²) >= 11 is 1.57. The highest BCUT2D eigenvalue weighted by atomic mass is 32.1. The maximum atomic E-state index is 13.7. The molecule has 1 amide bonds. The van der Waals surface area contributed by atoms with Gasteiger partial charge in [-0.1, -0.05) is 19.9 Å². The minimum absolute atomic E-state index is 0.0211. The van der Waals surface area contributed by atoms with Gasteiger partial charge in [-0.05, 0) is 35.6 Å². The number of halogens is 1. The largest absolute Gasteiger partial charge is 0.399 e. The Kier molecular flexibility index (Phi) is 4.39. The Hall–Kier alpha value is -1.88. The molecule has 3 nitrogen and oxygen atoms in total. The average Bonchev–Trinajstić information content (AvgIpc) is 2.91. The molecule has 1 aromatic heterocycles. The van der Waals surface area contributed by atoms with Crippen LogP contribution in [0.15, 0.2) is 35.7 Å². The first-order valence-electron chi connectivity index (χ1n) is 6.38. The summed E-state index contributed by atoms with van der Waals surface area (Å²) in [6.07, 6.45) is 0. The van der Waals surface area contributed by atoms with Crippen LogP contribution in [0.5, 0.6) is 0 Å². The summed E-state index contributed by atoms with van der Waals surface area (Å²) in [7, 11) is 0. The number of benzene rings is 1. The summed E-state index contributed by atoms with van der Waals surface area (Å²) in [6.45, 7) is 4.03. The van der Waals surface area contributed by atoms with Crippen molar-refractivity contribution in [3.05, 3.63) is 52.0 Å².